The van der Waals surface area contributed by atoms with Gasteiger partial charge in [-0.1, -0.05) is 42.8 Å². The van der Waals surface area contributed by atoms with Crippen molar-refractivity contribution < 1.29 is 56.8 Å². The zero-order chi connectivity index (χ0) is 52.8. The molecule has 5 heterocycles. The van der Waals surface area contributed by atoms with Gasteiger partial charge in [0.15, 0.2) is 11.6 Å². The number of nitrogens with one attached hydrogen (secondary N) is 4. The van der Waals surface area contributed by atoms with Crippen LogP contribution in [0.2, 0.25) is 24.2 Å². The molecule has 0 saturated carbocycles. The van der Waals surface area contributed by atoms with Crippen molar-refractivity contribution in [3.05, 3.63) is 83.4 Å². The average Bonchev–Trinajstić information content (AvgIpc) is 4.20. The van der Waals surface area contributed by atoms with E-state index in [1.165, 1.54) is 64.0 Å². The third-order valence-electron chi connectivity index (χ3n) is 16.4. The van der Waals surface area contributed by atoms with E-state index in [0.717, 1.165) is 23.2 Å². The standard InChI is InChI=1S/C53H72F2N8O10Si/c1-32(70-3)45(58-52(68)72-5)50(66)61-22-7-10-43(61)48(64)56-36-16-12-34(13-17-36)41-20-21-42(63(41)38-30-39(54)47(40(55)31-38)60-24-28-74(29-25-60)26-9-27-74)35-14-18-37(19-15-35)57-49(65)44-11-8-23-62(44)51(67)46(33(2)71-4)59-53(69)73-6/h12-19,30-33,41-46,50,66H,7-11,20-29H2,1-6H3,(H,56,64)(H,57,65)(H,58,68)(H,59,69)/t32-,33-,41-,42-,43+,44+,45+,46+,50?/m1/s1. The third kappa shape index (κ3) is 11.7. The molecule has 1 spiro atoms. The molecule has 3 aromatic rings. The van der Waals surface area contributed by atoms with Gasteiger partial charge in [0.2, 0.25) is 17.7 Å². The van der Waals surface area contributed by atoms with Crippen molar-refractivity contribution in [3.63, 3.8) is 0 Å². The highest BCUT2D eigenvalue weighted by atomic mass is 28.3. The van der Waals surface area contributed by atoms with Crippen LogP contribution in [0.5, 0.6) is 0 Å². The molecule has 74 heavy (non-hydrogen) atoms. The summed E-state index contributed by atoms with van der Waals surface area (Å²) in [6.45, 7) is 5.42. The number of methoxy groups -OCH3 is 4. The summed E-state index contributed by atoms with van der Waals surface area (Å²) in [5.41, 5.74) is 3.17. The zero-order valence-corrected chi connectivity index (χ0v) is 44.2. The first-order chi connectivity index (χ1) is 35.6. The second-order valence-corrected chi connectivity index (χ2v) is 25.5. The van der Waals surface area contributed by atoms with E-state index in [2.05, 4.69) is 26.2 Å². The van der Waals surface area contributed by atoms with E-state index >= 15 is 8.78 Å². The molecule has 1 unspecified atom stereocenters. The Balaban J connectivity index is 1.01. The fourth-order valence-corrected chi connectivity index (χ4v) is 15.9. The van der Waals surface area contributed by atoms with Crippen LogP contribution in [-0.4, -0.2) is 150 Å². The Hall–Kier alpha value is -5.87. The van der Waals surface area contributed by atoms with Gasteiger partial charge in [0.05, 0.1) is 58.7 Å². The van der Waals surface area contributed by atoms with Gasteiger partial charge in [0.1, 0.15) is 24.0 Å². The highest BCUT2D eigenvalue weighted by Crippen LogP contribution is 2.49. The lowest BCUT2D eigenvalue weighted by atomic mass is 10.0. The molecule has 402 valence electrons. The lowest BCUT2D eigenvalue weighted by Crippen LogP contribution is -2.59. The summed E-state index contributed by atoms with van der Waals surface area (Å²) in [6, 6.07) is 18.3. The fraction of sp³-hybridized carbons (Fsp3) is 0.566. The molecule has 5 N–H and O–H groups in total. The SMILES string of the molecule is COC(=O)N[C@H](C(=O)N1CCC[C@H]1C(=O)Nc1ccc([C@H]2CC[C@H](c3ccc(NC(=O)[C@@H]4CCCN4C(O)[C@@H](NC(=O)OC)[C@@H](C)OC)cc3)N2c2cc(F)c(N3CC[Si]4(CCC4)CC3)c(F)c2)cc1)[C@@H](C)OC. The van der Waals surface area contributed by atoms with Crippen LogP contribution >= 0.6 is 0 Å². The van der Waals surface area contributed by atoms with E-state index in [9.17, 15) is 29.1 Å². The minimum absolute atomic E-state index is 0.0206. The molecule has 5 saturated heterocycles. The first kappa shape index (κ1) is 54.4. The molecule has 8 rings (SSSR count). The largest absolute Gasteiger partial charge is 0.453 e. The van der Waals surface area contributed by atoms with E-state index < -0.39 is 80.4 Å². The van der Waals surface area contributed by atoms with Crippen LogP contribution < -0.4 is 31.1 Å². The second kappa shape index (κ2) is 23.8. The number of likely N-dealkylation sites (tertiary alicyclic amines) is 2. The van der Waals surface area contributed by atoms with Crippen LogP contribution in [0.4, 0.5) is 41.1 Å². The van der Waals surface area contributed by atoms with Gasteiger partial charge in [0.25, 0.3) is 0 Å². The van der Waals surface area contributed by atoms with Crippen molar-refractivity contribution in [1.82, 2.24) is 20.4 Å². The fourth-order valence-electron chi connectivity index (χ4n) is 11.8. The maximum Gasteiger partial charge on any atom is 0.407 e. The lowest BCUT2D eigenvalue weighted by Gasteiger charge is -2.47. The van der Waals surface area contributed by atoms with E-state index in [-0.39, 0.29) is 29.6 Å². The number of ether oxygens (including phenoxy) is 4. The Morgan fingerprint density at radius 3 is 1.68 bits per heavy atom. The van der Waals surface area contributed by atoms with Crippen LogP contribution in [0, 0.1) is 11.6 Å². The summed E-state index contributed by atoms with van der Waals surface area (Å²) in [6.07, 6.45) is 0.622. The Morgan fingerprint density at radius 1 is 0.649 bits per heavy atom. The van der Waals surface area contributed by atoms with Crippen LogP contribution in [0.3, 0.4) is 0 Å². The molecule has 5 aliphatic rings. The molecule has 0 radical (unpaired) electrons. The number of amides is 5. The molecular formula is C53H72F2N8O10Si. The maximum atomic E-state index is 16.5. The molecule has 18 nitrogen and oxygen atoms in total. The Morgan fingerprint density at radius 2 is 1.16 bits per heavy atom. The Bertz CT molecular complexity index is 2460. The molecule has 5 aliphatic heterocycles. The number of benzene rings is 3. The molecule has 0 bridgehead atoms. The quantitative estimate of drug-likeness (QED) is 0.0876. The highest BCUT2D eigenvalue weighted by molar-refractivity contribution is 6.82. The van der Waals surface area contributed by atoms with Crippen LogP contribution in [0.1, 0.15) is 82.0 Å². The number of anilines is 4. The summed E-state index contributed by atoms with van der Waals surface area (Å²) in [7, 11) is 4.06. The van der Waals surface area contributed by atoms with Gasteiger partial charge < -0.3 is 60.0 Å². The number of hydrogen-bond acceptors (Lipinski definition) is 13. The number of carbonyl (C=O) groups excluding carboxylic acids is 5. The molecule has 0 aliphatic carbocycles. The van der Waals surface area contributed by atoms with E-state index in [1.807, 2.05) is 29.2 Å². The minimum Gasteiger partial charge on any atom is -0.453 e. The first-order valence-corrected chi connectivity index (χ1v) is 28.7. The first-order valence-electron chi connectivity index (χ1n) is 25.9. The Labute approximate surface area is 432 Å². The smallest absolute Gasteiger partial charge is 0.407 e. The predicted molar refractivity (Wildman–Crippen MR) is 278 cm³/mol. The van der Waals surface area contributed by atoms with E-state index in [1.54, 1.807) is 43.0 Å². The molecular weight excluding hydrogens is 975 g/mol. The third-order valence-corrected chi connectivity index (χ3v) is 21.8. The van der Waals surface area contributed by atoms with E-state index in [4.69, 9.17) is 18.9 Å². The number of halogens is 2. The van der Waals surface area contributed by atoms with Gasteiger partial charge in [-0.15, -0.1) is 0 Å². The van der Waals surface area contributed by atoms with Gasteiger partial charge in [-0.25, -0.2) is 18.4 Å². The number of rotatable bonds is 17. The molecule has 3 aromatic carbocycles. The second-order valence-electron chi connectivity index (χ2n) is 20.5. The number of nitrogens with zero attached hydrogens (tertiary/aromatic N) is 4. The number of hydrogen-bond donors (Lipinski definition) is 5. The summed E-state index contributed by atoms with van der Waals surface area (Å²) < 4.78 is 53.4. The van der Waals surface area contributed by atoms with Gasteiger partial charge in [0, 0.05) is 57.5 Å². The molecule has 21 heteroatoms. The van der Waals surface area contributed by atoms with Crippen molar-refractivity contribution >= 4 is 60.7 Å². The maximum absolute atomic E-state index is 16.5. The molecule has 5 amide bonds. The number of aliphatic hydroxyl groups excluding tert-OH is 1. The van der Waals surface area contributed by atoms with Gasteiger partial charge in [-0.05, 0) is 112 Å². The molecule has 0 aromatic heterocycles. The van der Waals surface area contributed by atoms with Crippen LogP contribution in [-0.2, 0) is 33.3 Å². The molecule has 9 atom stereocenters. The van der Waals surface area contributed by atoms with Crippen molar-refractivity contribution in [1.29, 1.82) is 0 Å². The molecule has 5 fully saturated rings. The predicted octanol–water partition coefficient (Wildman–Crippen LogP) is 6.89. The van der Waals surface area contributed by atoms with Crippen molar-refractivity contribution in [2.75, 3.05) is 75.1 Å². The van der Waals surface area contributed by atoms with E-state index in [0.29, 0.717) is 81.8 Å². The minimum atomic E-state index is -1.26. The zero-order valence-electron chi connectivity index (χ0n) is 43.2. The van der Waals surface area contributed by atoms with Crippen LogP contribution in [0.15, 0.2) is 60.7 Å². The van der Waals surface area contributed by atoms with Crippen molar-refractivity contribution in [2.24, 2.45) is 0 Å². The highest BCUT2D eigenvalue weighted by Gasteiger charge is 2.45. The van der Waals surface area contributed by atoms with Crippen LogP contribution in [0.25, 0.3) is 0 Å². The summed E-state index contributed by atoms with van der Waals surface area (Å²) in [5.74, 6) is -2.37. The normalized spacial score (nSPS) is 23.6. The summed E-state index contributed by atoms with van der Waals surface area (Å²) in [4.78, 5) is 72.7. The van der Waals surface area contributed by atoms with Crippen molar-refractivity contribution in [2.45, 2.75) is 138 Å². The summed E-state index contributed by atoms with van der Waals surface area (Å²) >= 11 is 0. The average molecular weight is 1050 g/mol. The lowest BCUT2D eigenvalue weighted by molar-refractivity contribution is -0.141. The van der Waals surface area contributed by atoms with Gasteiger partial charge in [-0.3, -0.25) is 19.3 Å². The number of alkyl carbamates (subject to hydrolysis) is 2. The topological polar surface area (TPSA) is 204 Å². The number of aliphatic hydroxyl groups is 1. The number of carbonyl (C=O) groups is 5. The van der Waals surface area contributed by atoms with Gasteiger partial charge >= 0.3 is 12.2 Å². The summed E-state index contributed by atoms with van der Waals surface area (Å²) in [5, 5.41) is 22.6. The monoisotopic (exact) mass is 1050 g/mol. The van der Waals surface area contributed by atoms with Crippen molar-refractivity contribution in [3.8, 4) is 0 Å². The Kier molecular flexibility index (Phi) is 17.5. The van der Waals surface area contributed by atoms with Gasteiger partial charge in [-0.2, -0.15) is 0 Å².